The summed E-state index contributed by atoms with van der Waals surface area (Å²) >= 11 is 0. The van der Waals surface area contributed by atoms with Crippen molar-refractivity contribution in [1.29, 1.82) is 5.26 Å². The first-order valence-corrected chi connectivity index (χ1v) is 7.93. The molecule has 0 N–H and O–H groups in total. The third-order valence-electron chi connectivity index (χ3n) is 3.84. The van der Waals surface area contributed by atoms with E-state index in [0.717, 1.165) is 16.8 Å². The van der Waals surface area contributed by atoms with Gasteiger partial charge in [0.1, 0.15) is 0 Å². The fourth-order valence-corrected chi connectivity index (χ4v) is 2.44. The van der Waals surface area contributed by atoms with Crippen LogP contribution in [0.4, 0.5) is 5.69 Å². The van der Waals surface area contributed by atoms with Crippen LogP contribution in [0.15, 0.2) is 65.3 Å². The third kappa shape index (κ3) is 3.93. The zero-order chi connectivity index (χ0) is 17.6. The Morgan fingerprint density at radius 3 is 2.56 bits per heavy atom. The number of carbonyl (C=O) groups is 1. The minimum atomic E-state index is -0.450. The van der Waals surface area contributed by atoms with Crippen LogP contribution in [0.1, 0.15) is 17.5 Å². The van der Waals surface area contributed by atoms with E-state index in [-0.39, 0.29) is 5.70 Å². The molecule has 124 valence electrons. The fourth-order valence-electron chi connectivity index (χ4n) is 2.44. The van der Waals surface area contributed by atoms with E-state index in [1.54, 1.807) is 6.08 Å². The molecule has 0 bridgehead atoms. The molecule has 0 radical (unpaired) electrons. The van der Waals surface area contributed by atoms with Gasteiger partial charge in [-0.25, -0.2) is 9.79 Å². The maximum atomic E-state index is 12.0. The van der Waals surface area contributed by atoms with Gasteiger partial charge in [-0.3, -0.25) is 0 Å². The molecule has 5 nitrogen and oxygen atoms in total. The summed E-state index contributed by atoms with van der Waals surface area (Å²) in [5.74, 6) is -0.126. The van der Waals surface area contributed by atoms with E-state index in [1.807, 2.05) is 66.5 Å². The highest BCUT2D eigenvalue weighted by Gasteiger charge is 2.23. The maximum absolute atomic E-state index is 12.0. The van der Waals surface area contributed by atoms with Crippen LogP contribution in [-0.2, 0) is 9.53 Å². The summed E-state index contributed by atoms with van der Waals surface area (Å²) in [6.07, 6.45) is 2.18. The van der Waals surface area contributed by atoms with Crippen LogP contribution in [-0.4, -0.2) is 25.5 Å². The molecule has 2 aromatic carbocycles. The Morgan fingerprint density at radius 2 is 1.88 bits per heavy atom. The van der Waals surface area contributed by atoms with Crippen LogP contribution in [0.5, 0.6) is 0 Å². The molecule has 0 saturated carbocycles. The Balaban J connectivity index is 1.77. The zero-order valence-electron chi connectivity index (χ0n) is 13.8. The van der Waals surface area contributed by atoms with Gasteiger partial charge in [0, 0.05) is 24.8 Å². The average molecular weight is 331 g/mol. The van der Waals surface area contributed by atoms with Crippen LogP contribution < -0.4 is 4.90 Å². The van der Waals surface area contributed by atoms with Gasteiger partial charge in [0.2, 0.25) is 5.90 Å². The number of hydrogen-bond acceptors (Lipinski definition) is 5. The lowest BCUT2D eigenvalue weighted by Gasteiger charge is -2.17. The number of carbonyl (C=O) groups excluding carboxylic acids is 1. The van der Waals surface area contributed by atoms with E-state index in [0.29, 0.717) is 18.9 Å². The van der Waals surface area contributed by atoms with E-state index in [9.17, 15) is 4.79 Å². The first-order valence-electron chi connectivity index (χ1n) is 7.93. The molecule has 0 spiro atoms. The van der Waals surface area contributed by atoms with Crippen molar-refractivity contribution < 1.29 is 9.53 Å². The maximum Gasteiger partial charge on any atom is 0.363 e. The van der Waals surface area contributed by atoms with Crippen molar-refractivity contribution in [3.63, 3.8) is 0 Å². The summed E-state index contributed by atoms with van der Waals surface area (Å²) in [6, 6.07) is 19.2. The second-order valence-corrected chi connectivity index (χ2v) is 5.62. The molecule has 0 amide bonds. The number of rotatable bonds is 5. The summed E-state index contributed by atoms with van der Waals surface area (Å²) in [5, 5.41) is 8.65. The Bertz CT molecular complexity index is 862. The topological polar surface area (TPSA) is 65.7 Å². The minimum absolute atomic E-state index is 0.282. The highest BCUT2D eigenvalue weighted by Crippen LogP contribution is 2.21. The molecule has 0 fully saturated rings. The summed E-state index contributed by atoms with van der Waals surface area (Å²) in [6.45, 7) is 0.675. The fraction of sp³-hybridized carbons (Fsp3) is 0.150. The lowest BCUT2D eigenvalue weighted by Crippen LogP contribution is -2.17. The number of benzene rings is 2. The van der Waals surface area contributed by atoms with Crippen LogP contribution in [0.2, 0.25) is 0 Å². The number of cyclic esters (lactones) is 1. The lowest BCUT2D eigenvalue weighted by molar-refractivity contribution is -0.129. The molecule has 0 atom stereocenters. The summed E-state index contributed by atoms with van der Waals surface area (Å²) in [7, 11) is 1.94. The van der Waals surface area contributed by atoms with Gasteiger partial charge in [0.05, 0.1) is 12.5 Å². The van der Waals surface area contributed by atoms with Crippen molar-refractivity contribution in [3.05, 3.63) is 71.4 Å². The Morgan fingerprint density at radius 1 is 1.16 bits per heavy atom. The SMILES string of the molecule is CN(CCC#N)c1ccc(C=C2N=C(c3ccccc3)OC2=O)cc1. The molecule has 0 unspecified atom stereocenters. The van der Waals surface area contributed by atoms with E-state index in [1.165, 1.54) is 0 Å². The molecule has 0 aromatic heterocycles. The van der Waals surface area contributed by atoms with Crippen molar-refractivity contribution in [2.75, 3.05) is 18.5 Å². The summed E-state index contributed by atoms with van der Waals surface area (Å²) in [5.41, 5.74) is 2.93. The number of aliphatic imine (C=N–C) groups is 1. The van der Waals surface area contributed by atoms with Gasteiger partial charge in [-0.1, -0.05) is 30.3 Å². The highest BCUT2D eigenvalue weighted by atomic mass is 16.6. The van der Waals surface area contributed by atoms with Crippen molar-refractivity contribution in [2.24, 2.45) is 4.99 Å². The summed E-state index contributed by atoms with van der Waals surface area (Å²) < 4.78 is 5.24. The summed E-state index contributed by atoms with van der Waals surface area (Å²) in [4.78, 5) is 18.3. The largest absolute Gasteiger partial charge is 0.402 e. The van der Waals surface area contributed by atoms with Gasteiger partial charge in [0.15, 0.2) is 5.70 Å². The molecular formula is C20H17N3O2. The first kappa shape index (κ1) is 16.5. The molecule has 2 aromatic rings. The molecule has 3 rings (SSSR count). The Kier molecular flexibility index (Phi) is 4.91. The molecule has 1 aliphatic rings. The van der Waals surface area contributed by atoms with Gasteiger partial charge in [-0.15, -0.1) is 0 Å². The molecule has 0 saturated heterocycles. The normalized spacial score (nSPS) is 14.8. The number of anilines is 1. The van der Waals surface area contributed by atoms with Crippen LogP contribution in [0.25, 0.3) is 6.08 Å². The highest BCUT2D eigenvalue weighted by molar-refractivity contribution is 6.12. The smallest absolute Gasteiger partial charge is 0.363 e. The van der Waals surface area contributed by atoms with Crippen molar-refractivity contribution in [3.8, 4) is 6.07 Å². The third-order valence-corrected chi connectivity index (χ3v) is 3.84. The van der Waals surface area contributed by atoms with Gasteiger partial charge in [0.25, 0.3) is 0 Å². The standard InChI is InChI=1S/C20H17N3O2/c1-23(13-5-12-21)17-10-8-15(9-11-17)14-18-20(24)25-19(22-18)16-6-3-2-4-7-16/h2-4,6-11,14H,5,13H2,1H3. The molecular weight excluding hydrogens is 314 g/mol. The number of ether oxygens (including phenoxy) is 1. The van der Waals surface area contributed by atoms with Crippen molar-refractivity contribution >= 4 is 23.6 Å². The Labute approximate surface area is 146 Å². The van der Waals surface area contributed by atoms with E-state index >= 15 is 0 Å². The number of nitrogens with zero attached hydrogens (tertiary/aromatic N) is 3. The second-order valence-electron chi connectivity index (χ2n) is 5.62. The molecule has 25 heavy (non-hydrogen) atoms. The van der Waals surface area contributed by atoms with Gasteiger partial charge in [-0.2, -0.15) is 5.26 Å². The van der Waals surface area contributed by atoms with E-state index < -0.39 is 5.97 Å². The average Bonchev–Trinajstić information content (AvgIpc) is 3.01. The van der Waals surface area contributed by atoms with E-state index in [4.69, 9.17) is 10.00 Å². The molecule has 5 heteroatoms. The predicted octanol–water partition coefficient (Wildman–Crippen LogP) is 3.38. The van der Waals surface area contributed by atoms with Crippen LogP contribution in [0.3, 0.4) is 0 Å². The van der Waals surface area contributed by atoms with Crippen LogP contribution in [0, 0.1) is 11.3 Å². The minimum Gasteiger partial charge on any atom is -0.402 e. The monoisotopic (exact) mass is 331 g/mol. The van der Waals surface area contributed by atoms with E-state index in [2.05, 4.69) is 11.1 Å². The molecule has 1 heterocycles. The quantitative estimate of drug-likeness (QED) is 0.622. The second kappa shape index (κ2) is 7.45. The van der Waals surface area contributed by atoms with Gasteiger partial charge in [-0.05, 0) is 35.9 Å². The van der Waals surface area contributed by atoms with Crippen LogP contribution >= 0.6 is 0 Å². The lowest BCUT2D eigenvalue weighted by atomic mass is 10.1. The Hall–Kier alpha value is -3.39. The first-order chi connectivity index (χ1) is 12.2. The predicted molar refractivity (Wildman–Crippen MR) is 97.0 cm³/mol. The number of hydrogen-bond donors (Lipinski definition) is 0. The van der Waals surface area contributed by atoms with Crippen molar-refractivity contribution in [1.82, 2.24) is 0 Å². The molecule has 0 aliphatic carbocycles. The van der Waals surface area contributed by atoms with Gasteiger partial charge < -0.3 is 9.64 Å². The number of esters is 1. The van der Waals surface area contributed by atoms with Gasteiger partial charge >= 0.3 is 5.97 Å². The van der Waals surface area contributed by atoms with Crippen molar-refractivity contribution in [2.45, 2.75) is 6.42 Å². The molecule has 1 aliphatic heterocycles. The number of nitriles is 1. The zero-order valence-corrected chi connectivity index (χ0v) is 13.8.